The molecule has 1 aromatic heterocycles. The smallest absolute Gasteiger partial charge is 0.341 e. The SMILES string of the molecule is CSc1ncccc1C(=O)OCC(=O)N1c2ccccc2NC(=O)C12CCCC2. The molecule has 8 heteroatoms. The van der Waals surface area contributed by atoms with Crippen LogP contribution in [-0.4, -0.2) is 41.2 Å². The maximum Gasteiger partial charge on any atom is 0.341 e. The van der Waals surface area contributed by atoms with Crippen LogP contribution >= 0.6 is 11.8 Å². The summed E-state index contributed by atoms with van der Waals surface area (Å²) in [6.07, 6.45) is 6.33. The van der Waals surface area contributed by atoms with Gasteiger partial charge in [-0.1, -0.05) is 25.0 Å². The molecule has 150 valence electrons. The molecule has 0 atom stereocenters. The minimum atomic E-state index is -0.920. The Morgan fingerprint density at radius 1 is 1.21 bits per heavy atom. The fraction of sp³-hybridized carbons (Fsp3) is 0.333. The van der Waals surface area contributed by atoms with Gasteiger partial charge < -0.3 is 10.1 Å². The quantitative estimate of drug-likeness (QED) is 0.614. The number of rotatable bonds is 4. The third-order valence-corrected chi connectivity index (χ3v) is 6.15. The normalized spacial score (nSPS) is 17.0. The number of nitrogens with one attached hydrogen (secondary N) is 1. The topological polar surface area (TPSA) is 88.6 Å². The Labute approximate surface area is 172 Å². The second kappa shape index (κ2) is 7.87. The predicted octanol–water partition coefficient (Wildman–Crippen LogP) is 3.26. The van der Waals surface area contributed by atoms with E-state index in [4.69, 9.17) is 4.74 Å². The maximum absolute atomic E-state index is 13.2. The number of thioether (sulfide) groups is 1. The Morgan fingerprint density at radius 2 is 1.97 bits per heavy atom. The zero-order chi connectivity index (χ0) is 20.4. The van der Waals surface area contributed by atoms with Gasteiger partial charge >= 0.3 is 5.97 Å². The van der Waals surface area contributed by atoms with Crippen molar-refractivity contribution in [2.24, 2.45) is 0 Å². The molecular formula is C21H21N3O4S. The Morgan fingerprint density at radius 3 is 2.72 bits per heavy atom. The highest BCUT2D eigenvalue weighted by molar-refractivity contribution is 7.98. The van der Waals surface area contributed by atoms with Crippen LogP contribution in [0, 0.1) is 0 Å². The van der Waals surface area contributed by atoms with Crippen LogP contribution in [0.5, 0.6) is 0 Å². The number of amides is 2. The number of benzene rings is 1. The number of ether oxygens (including phenoxy) is 1. The van der Waals surface area contributed by atoms with E-state index in [-0.39, 0.29) is 5.91 Å². The number of fused-ring (bicyclic) bond motifs is 1. The number of esters is 1. The van der Waals surface area contributed by atoms with Crippen molar-refractivity contribution in [1.29, 1.82) is 0 Å². The van der Waals surface area contributed by atoms with Crippen LogP contribution in [0.2, 0.25) is 0 Å². The van der Waals surface area contributed by atoms with Gasteiger partial charge in [0.15, 0.2) is 6.61 Å². The van der Waals surface area contributed by atoms with Crippen molar-refractivity contribution in [3.05, 3.63) is 48.2 Å². The van der Waals surface area contributed by atoms with Gasteiger partial charge in [-0.05, 0) is 43.4 Å². The average Bonchev–Trinajstić information content (AvgIpc) is 3.23. The largest absolute Gasteiger partial charge is 0.452 e. The van der Waals surface area contributed by atoms with Crippen molar-refractivity contribution >= 4 is 40.9 Å². The zero-order valence-electron chi connectivity index (χ0n) is 16.0. The number of para-hydroxylation sites is 2. The number of carbonyl (C=O) groups excluding carboxylic acids is 3. The van der Waals surface area contributed by atoms with E-state index in [9.17, 15) is 14.4 Å². The fourth-order valence-electron chi connectivity index (χ4n) is 4.11. The molecular weight excluding hydrogens is 390 g/mol. The Kier molecular flexibility index (Phi) is 5.27. The molecule has 2 amide bonds. The minimum Gasteiger partial charge on any atom is -0.452 e. The van der Waals surface area contributed by atoms with E-state index in [1.807, 2.05) is 18.4 Å². The van der Waals surface area contributed by atoms with Gasteiger partial charge in [-0.2, -0.15) is 0 Å². The summed E-state index contributed by atoms with van der Waals surface area (Å²) in [4.78, 5) is 44.3. The van der Waals surface area contributed by atoms with Crippen LogP contribution in [0.25, 0.3) is 0 Å². The molecule has 1 fully saturated rings. The first-order valence-electron chi connectivity index (χ1n) is 9.46. The number of anilines is 2. The van der Waals surface area contributed by atoms with Crippen molar-refractivity contribution in [3.8, 4) is 0 Å². The lowest BCUT2D eigenvalue weighted by Crippen LogP contribution is -2.61. The average molecular weight is 411 g/mol. The van der Waals surface area contributed by atoms with Gasteiger partial charge in [0.05, 0.1) is 16.9 Å². The molecule has 1 aliphatic heterocycles. The first kappa shape index (κ1) is 19.4. The van der Waals surface area contributed by atoms with E-state index in [2.05, 4.69) is 10.3 Å². The second-order valence-corrected chi connectivity index (χ2v) is 7.87. The number of nitrogens with zero attached hydrogens (tertiary/aromatic N) is 2. The van der Waals surface area contributed by atoms with Gasteiger partial charge in [-0.3, -0.25) is 14.5 Å². The lowest BCUT2D eigenvalue weighted by molar-refractivity contribution is -0.129. The van der Waals surface area contributed by atoms with Crippen molar-refractivity contribution in [2.75, 3.05) is 23.1 Å². The highest BCUT2D eigenvalue weighted by Crippen LogP contribution is 2.45. The number of pyridine rings is 1. The van der Waals surface area contributed by atoms with Crippen LogP contribution < -0.4 is 10.2 Å². The summed E-state index contributed by atoms with van der Waals surface area (Å²) in [5.41, 5.74) is 0.629. The molecule has 1 spiro atoms. The fourth-order valence-corrected chi connectivity index (χ4v) is 4.64. The first-order chi connectivity index (χ1) is 14.1. The Balaban J connectivity index is 1.59. The molecule has 7 nitrogen and oxygen atoms in total. The van der Waals surface area contributed by atoms with Gasteiger partial charge in [0, 0.05) is 6.20 Å². The highest BCUT2D eigenvalue weighted by Gasteiger charge is 2.52. The van der Waals surface area contributed by atoms with E-state index in [1.54, 1.807) is 35.4 Å². The molecule has 0 saturated heterocycles. The lowest BCUT2D eigenvalue weighted by atomic mass is 9.90. The van der Waals surface area contributed by atoms with Gasteiger partial charge in [0.25, 0.3) is 11.8 Å². The Hall–Kier alpha value is -2.87. The van der Waals surface area contributed by atoms with Crippen LogP contribution in [-0.2, 0) is 14.3 Å². The molecule has 2 aromatic rings. The van der Waals surface area contributed by atoms with Crippen molar-refractivity contribution < 1.29 is 19.1 Å². The highest BCUT2D eigenvalue weighted by atomic mass is 32.2. The summed E-state index contributed by atoms with van der Waals surface area (Å²) in [5, 5.41) is 3.47. The summed E-state index contributed by atoms with van der Waals surface area (Å²) in [5.74, 6) is -1.19. The molecule has 2 heterocycles. The van der Waals surface area contributed by atoms with Crippen LogP contribution in [0.4, 0.5) is 11.4 Å². The van der Waals surface area contributed by atoms with E-state index in [0.29, 0.717) is 34.8 Å². The van der Waals surface area contributed by atoms with Crippen LogP contribution in [0.15, 0.2) is 47.6 Å². The van der Waals surface area contributed by atoms with Crippen molar-refractivity contribution in [1.82, 2.24) is 4.98 Å². The first-order valence-corrected chi connectivity index (χ1v) is 10.7. The molecule has 0 bridgehead atoms. The maximum atomic E-state index is 13.2. The summed E-state index contributed by atoms with van der Waals surface area (Å²) in [6, 6.07) is 10.5. The summed E-state index contributed by atoms with van der Waals surface area (Å²) in [6.45, 7) is -0.440. The van der Waals surface area contributed by atoms with E-state index < -0.39 is 24.0 Å². The summed E-state index contributed by atoms with van der Waals surface area (Å²) in [7, 11) is 0. The molecule has 4 rings (SSSR count). The standard InChI is InChI=1S/C21H21N3O4S/c1-29-18-14(7-6-12-22-18)19(26)28-13-17(25)24-16-9-3-2-8-15(16)23-20(27)21(24)10-4-5-11-21/h2-3,6-9,12H,4-5,10-11,13H2,1H3,(H,23,27). The van der Waals surface area contributed by atoms with Crippen LogP contribution in [0.1, 0.15) is 36.0 Å². The van der Waals surface area contributed by atoms with E-state index >= 15 is 0 Å². The molecule has 1 N–H and O–H groups in total. The molecule has 0 unspecified atom stereocenters. The summed E-state index contributed by atoms with van der Waals surface area (Å²) >= 11 is 1.33. The number of aromatic nitrogens is 1. The van der Waals surface area contributed by atoms with Gasteiger partial charge in [0.2, 0.25) is 0 Å². The molecule has 29 heavy (non-hydrogen) atoms. The molecule has 1 saturated carbocycles. The minimum absolute atomic E-state index is 0.176. The molecule has 1 aromatic carbocycles. The lowest BCUT2D eigenvalue weighted by Gasteiger charge is -2.44. The molecule has 1 aliphatic carbocycles. The van der Waals surface area contributed by atoms with E-state index in [0.717, 1.165) is 12.8 Å². The second-order valence-electron chi connectivity index (χ2n) is 7.08. The number of carbonyl (C=O) groups is 3. The Bertz CT molecular complexity index is 972. The predicted molar refractivity (Wildman–Crippen MR) is 110 cm³/mol. The molecule has 0 radical (unpaired) electrons. The number of hydrogen-bond donors (Lipinski definition) is 1. The monoisotopic (exact) mass is 411 g/mol. The zero-order valence-corrected chi connectivity index (χ0v) is 16.8. The summed E-state index contributed by atoms with van der Waals surface area (Å²) < 4.78 is 5.32. The number of hydrogen-bond acceptors (Lipinski definition) is 6. The van der Waals surface area contributed by atoms with Gasteiger partial charge in [-0.25, -0.2) is 9.78 Å². The molecule has 2 aliphatic rings. The third kappa shape index (κ3) is 3.37. The van der Waals surface area contributed by atoms with Gasteiger partial charge in [0.1, 0.15) is 10.6 Å². The van der Waals surface area contributed by atoms with Crippen LogP contribution in [0.3, 0.4) is 0 Å². The van der Waals surface area contributed by atoms with Gasteiger partial charge in [-0.15, -0.1) is 11.8 Å². The third-order valence-electron chi connectivity index (χ3n) is 5.44. The van der Waals surface area contributed by atoms with Crippen molar-refractivity contribution in [2.45, 2.75) is 36.2 Å². The van der Waals surface area contributed by atoms with E-state index in [1.165, 1.54) is 11.8 Å². The van der Waals surface area contributed by atoms with Crippen molar-refractivity contribution in [3.63, 3.8) is 0 Å².